The number of hydrogen-bond acceptors (Lipinski definition) is 5. The van der Waals surface area contributed by atoms with Gasteiger partial charge in [0, 0.05) is 29.9 Å². The highest BCUT2D eigenvalue weighted by atomic mass is 32.2. The largest absolute Gasteiger partial charge is 0.378 e. The first kappa shape index (κ1) is 20.7. The zero-order chi connectivity index (χ0) is 21.1. The van der Waals surface area contributed by atoms with Crippen LogP contribution in [0.4, 0.5) is 11.4 Å². The van der Waals surface area contributed by atoms with Crippen molar-refractivity contribution in [3.63, 3.8) is 0 Å². The third-order valence-corrected chi connectivity index (χ3v) is 6.42. The van der Waals surface area contributed by atoms with E-state index in [2.05, 4.69) is 60.5 Å². The Balaban J connectivity index is 1.41. The molecule has 0 unspecified atom stereocenters. The molecule has 1 atom stereocenters. The Morgan fingerprint density at radius 1 is 1.10 bits per heavy atom. The molecule has 2 aromatic carbocycles. The Bertz CT molecular complexity index is 1050. The lowest BCUT2D eigenvalue weighted by molar-refractivity contribution is -0.115. The van der Waals surface area contributed by atoms with E-state index in [1.807, 2.05) is 19.1 Å². The Labute approximate surface area is 181 Å². The van der Waals surface area contributed by atoms with Crippen LogP contribution in [0.15, 0.2) is 53.6 Å². The van der Waals surface area contributed by atoms with Gasteiger partial charge in [-0.1, -0.05) is 30.0 Å². The number of aromatic nitrogens is 1. The quantitative estimate of drug-likeness (QED) is 0.599. The fourth-order valence-corrected chi connectivity index (χ4v) is 4.56. The Morgan fingerprint density at radius 3 is 2.57 bits per heavy atom. The first-order valence-electron chi connectivity index (χ1n) is 10.3. The number of aryl methyl sites for hydroxylation is 2. The number of nitrogens with one attached hydrogen (secondary N) is 1. The first-order valence-corrected chi connectivity index (χ1v) is 11.2. The van der Waals surface area contributed by atoms with Crippen LogP contribution >= 0.6 is 11.8 Å². The van der Waals surface area contributed by atoms with Crippen molar-refractivity contribution in [2.75, 3.05) is 36.5 Å². The lowest BCUT2D eigenvalue weighted by atomic mass is 10.1. The molecule has 1 amide bonds. The molecule has 0 bridgehead atoms. The van der Waals surface area contributed by atoms with Crippen LogP contribution in [0, 0.1) is 13.8 Å². The highest BCUT2D eigenvalue weighted by molar-refractivity contribution is 8.00. The van der Waals surface area contributed by atoms with Crippen molar-refractivity contribution in [2.24, 2.45) is 0 Å². The molecule has 0 aliphatic carbocycles. The lowest BCUT2D eigenvalue weighted by Gasteiger charge is -2.28. The molecule has 1 N–H and O–H groups in total. The summed E-state index contributed by atoms with van der Waals surface area (Å²) >= 11 is 1.49. The van der Waals surface area contributed by atoms with Gasteiger partial charge in [-0.2, -0.15) is 0 Å². The number of thioether (sulfide) groups is 1. The van der Waals surface area contributed by atoms with Crippen LogP contribution < -0.4 is 10.2 Å². The minimum Gasteiger partial charge on any atom is -0.378 e. The molecule has 0 radical (unpaired) electrons. The second-order valence-electron chi connectivity index (χ2n) is 7.64. The maximum absolute atomic E-state index is 12.7. The number of para-hydroxylation sites is 1. The van der Waals surface area contributed by atoms with Crippen molar-refractivity contribution in [3.8, 4) is 0 Å². The molecule has 0 saturated carbocycles. The maximum Gasteiger partial charge on any atom is 0.237 e. The van der Waals surface area contributed by atoms with Crippen LogP contribution in [-0.4, -0.2) is 42.4 Å². The van der Waals surface area contributed by atoms with Gasteiger partial charge in [0.1, 0.15) is 0 Å². The van der Waals surface area contributed by atoms with Crippen LogP contribution in [0.5, 0.6) is 0 Å². The van der Waals surface area contributed by atoms with Crippen LogP contribution in [0.25, 0.3) is 10.9 Å². The van der Waals surface area contributed by atoms with E-state index >= 15 is 0 Å². The topological polar surface area (TPSA) is 54.5 Å². The van der Waals surface area contributed by atoms with Crippen molar-refractivity contribution < 1.29 is 9.53 Å². The number of anilines is 2. The highest BCUT2D eigenvalue weighted by Gasteiger charge is 2.17. The van der Waals surface area contributed by atoms with Gasteiger partial charge < -0.3 is 15.0 Å². The monoisotopic (exact) mass is 421 g/mol. The van der Waals surface area contributed by atoms with Gasteiger partial charge in [0.05, 0.1) is 29.0 Å². The molecule has 156 valence electrons. The van der Waals surface area contributed by atoms with Gasteiger partial charge in [-0.15, -0.1) is 0 Å². The summed E-state index contributed by atoms with van der Waals surface area (Å²) in [7, 11) is 0. The first-order chi connectivity index (χ1) is 14.5. The van der Waals surface area contributed by atoms with Crippen molar-refractivity contribution in [2.45, 2.75) is 31.0 Å². The van der Waals surface area contributed by atoms with E-state index in [0.717, 1.165) is 59.2 Å². The highest BCUT2D eigenvalue weighted by Crippen LogP contribution is 2.29. The van der Waals surface area contributed by atoms with Crippen LogP contribution in [0.1, 0.15) is 18.1 Å². The molecule has 1 fully saturated rings. The van der Waals surface area contributed by atoms with Gasteiger partial charge >= 0.3 is 0 Å². The predicted octanol–water partition coefficient (Wildman–Crippen LogP) is 4.81. The summed E-state index contributed by atoms with van der Waals surface area (Å²) in [5.74, 6) is -0.0246. The van der Waals surface area contributed by atoms with Gasteiger partial charge in [0.25, 0.3) is 0 Å². The van der Waals surface area contributed by atoms with E-state index in [9.17, 15) is 4.79 Å². The molecule has 3 aromatic rings. The fraction of sp³-hybridized carbons (Fsp3) is 0.333. The molecule has 5 nitrogen and oxygen atoms in total. The van der Waals surface area contributed by atoms with Gasteiger partial charge in [0.2, 0.25) is 5.91 Å². The number of amides is 1. The second kappa shape index (κ2) is 9.06. The van der Waals surface area contributed by atoms with E-state index in [0.29, 0.717) is 0 Å². The van der Waals surface area contributed by atoms with Crippen LogP contribution in [-0.2, 0) is 9.53 Å². The Kier molecular flexibility index (Phi) is 6.25. The molecular formula is C24H27N3O2S. The van der Waals surface area contributed by atoms with E-state index in [1.54, 1.807) is 0 Å². The summed E-state index contributed by atoms with van der Waals surface area (Å²) in [5, 5.41) is 4.81. The zero-order valence-corrected chi connectivity index (χ0v) is 18.5. The summed E-state index contributed by atoms with van der Waals surface area (Å²) in [6.45, 7) is 9.40. The average molecular weight is 422 g/mol. The third-order valence-electron chi connectivity index (χ3n) is 5.40. The van der Waals surface area contributed by atoms with Crippen molar-refractivity contribution in [1.29, 1.82) is 0 Å². The molecule has 1 aliphatic heterocycles. The average Bonchev–Trinajstić information content (AvgIpc) is 2.76. The SMILES string of the molecule is Cc1cc(S[C@H](C)C(=O)Nc2ccc(N3CCOCC3)cc2)nc2c(C)cccc12. The molecule has 1 aromatic heterocycles. The summed E-state index contributed by atoms with van der Waals surface area (Å²) in [6.07, 6.45) is 0. The Hall–Kier alpha value is -2.57. The van der Waals surface area contributed by atoms with Gasteiger partial charge in [0.15, 0.2) is 0 Å². The summed E-state index contributed by atoms with van der Waals surface area (Å²) in [6, 6.07) is 16.3. The standard InChI is InChI=1S/C24H27N3O2S/c1-16-5-4-6-21-17(2)15-22(26-23(16)21)30-18(3)24(28)25-19-7-9-20(10-8-19)27-11-13-29-14-12-27/h4-10,15,18H,11-14H2,1-3H3,(H,25,28)/t18-/m1/s1. The van der Waals surface area contributed by atoms with Gasteiger partial charge in [-0.25, -0.2) is 4.98 Å². The molecule has 2 heterocycles. The minimum atomic E-state index is -0.253. The van der Waals surface area contributed by atoms with Gasteiger partial charge in [-0.3, -0.25) is 4.79 Å². The van der Waals surface area contributed by atoms with Crippen LogP contribution in [0.3, 0.4) is 0 Å². The minimum absolute atomic E-state index is 0.0246. The van der Waals surface area contributed by atoms with E-state index < -0.39 is 0 Å². The summed E-state index contributed by atoms with van der Waals surface area (Å²) < 4.78 is 5.40. The fourth-order valence-electron chi connectivity index (χ4n) is 3.65. The number of hydrogen-bond donors (Lipinski definition) is 1. The second-order valence-corrected chi connectivity index (χ2v) is 9.01. The maximum atomic E-state index is 12.7. The number of carbonyl (C=O) groups excluding carboxylic acids is 1. The summed E-state index contributed by atoms with van der Waals surface area (Å²) in [4.78, 5) is 19.8. The van der Waals surface area contributed by atoms with Crippen molar-refractivity contribution in [3.05, 3.63) is 59.7 Å². The molecule has 1 aliphatic rings. The molecule has 6 heteroatoms. The zero-order valence-electron chi connectivity index (χ0n) is 17.6. The van der Waals surface area contributed by atoms with Crippen molar-refractivity contribution in [1.82, 2.24) is 4.98 Å². The Morgan fingerprint density at radius 2 is 1.83 bits per heavy atom. The molecule has 0 spiro atoms. The smallest absolute Gasteiger partial charge is 0.237 e. The van der Waals surface area contributed by atoms with E-state index in [1.165, 1.54) is 17.3 Å². The lowest BCUT2D eigenvalue weighted by Crippen LogP contribution is -2.36. The molecule has 30 heavy (non-hydrogen) atoms. The number of ether oxygens (including phenoxy) is 1. The normalized spacial score (nSPS) is 15.2. The molecule has 1 saturated heterocycles. The molecular weight excluding hydrogens is 394 g/mol. The van der Waals surface area contributed by atoms with Crippen molar-refractivity contribution >= 4 is 39.9 Å². The van der Waals surface area contributed by atoms with E-state index in [-0.39, 0.29) is 11.2 Å². The van der Waals surface area contributed by atoms with Gasteiger partial charge in [-0.05, 0) is 62.2 Å². The number of rotatable bonds is 5. The number of nitrogens with zero attached hydrogens (tertiary/aromatic N) is 2. The number of morpholine rings is 1. The number of pyridine rings is 1. The third kappa shape index (κ3) is 4.60. The number of benzene rings is 2. The predicted molar refractivity (Wildman–Crippen MR) is 125 cm³/mol. The van der Waals surface area contributed by atoms with E-state index in [4.69, 9.17) is 9.72 Å². The number of fused-ring (bicyclic) bond motifs is 1. The number of carbonyl (C=O) groups is 1. The van der Waals surface area contributed by atoms with Crippen LogP contribution in [0.2, 0.25) is 0 Å². The summed E-state index contributed by atoms with van der Waals surface area (Å²) in [5.41, 5.74) is 5.30. The molecule has 4 rings (SSSR count).